The minimum absolute atomic E-state index is 0.183. The van der Waals surface area contributed by atoms with E-state index in [2.05, 4.69) is 24.0 Å². The number of amides is 2. The van der Waals surface area contributed by atoms with Gasteiger partial charge in [0.05, 0.1) is 6.61 Å². The number of aromatic nitrogens is 2. The highest BCUT2D eigenvalue weighted by Gasteiger charge is 2.38. The van der Waals surface area contributed by atoms with Crippen LogP contribution in [0.25, 0.3) is 0 Å². The molecule has 1 aromatic heterocycles. The van der Waals surface area contributed by atoms with Crippen LogP contribution in [0, 0.1) is 0 Å². The van der Waals surface area contributed by atoms with Crippen LogP contribution >= 0.6 is 11.3 Å². The van der Waals surface area contributed by atoms with Crippen molar-refractivity contribution in [1.29, 1.82) is 0 Å². The first-order valence-corrected chi connectivity index (χ1v) is 12.2. The molecule has 1 saturated heterocycles. The molecule has 9 heteroatoms. The number of rotatable bonds is 13. The molecule has 0 saturated carbocycles. The van der Waals surface area contributed by atoms with Crippen molar-refractivity contribution in [2.75, 3.05) is 24.6 Å². The Morgan fingerprint density at radius 2 is 1.80 bits per heavy atom. The number of anilines is 1. The summed E-state index contributed by atoms with van der Waals surface area (Å²) in [6.07, 6.45) is 8.28. The fourth-order valence-corrected chi connectivity index (χ4v) is 4.15. The van der Waals surface area contributed by atoms with Gasteiger partial charge in [0.2, 0.25) is 5.13 Å². The highest BCUT2D eigenvalue weighted by molar-refractivity contribution is 7.15. The van der Waals surface area contributed by atoms with Crippen LogP contribution < -0.4 is 4.90 Å². The van der Waals surface area contributed by atoms with Crippen LogP contribution in [0.5, 0.6) is 0 Å². The standard InChI is InChI=1S/C21H36N4O4S/c1-4-7-9-11-14-24-15-13-18(29-21(27)28-16-12-10-8-5-2)25(20(24)26)19-23-22-17(6-3)30-19/h18H,4-16H2,1-3H3. The van der Waals surface area contributed by atoms with Gasteiger partial charge in [0.1, 0.15) is 5.01 Å². The topological polar surface area (TPSA) is 84.9 Å². The van der Waals surface area contributed by atoms with Crippen molar-refractivity contribution in [2.24, 2.45) is 0 Å². The lowest BCUT2D eigenvalue weighted by Gasteiger charge is -2.38. The molecule has 1 aliphatic rings. The molecule has 170 valence electrons. The highest BCUT2D eigenvalue weighted by atomic mass is 32.1. The van der Waals surface area contributed by atoms with Gasteiger partial charge in [-0.3, -0.25) is 0 Å². The van der Waals surface area contributed by atoms with Gasteiger partial charge in [-0.25, -0.2) is 14.5 Å². The summed E-state index contributed by atoms with van der Waals surface area (Å²) < 4.78 is 10.7. The summed E-state index contributed by atoms with van der Waals surface area (Å²) in [6, 6.07) is -0.183. The Kier molecular flexibility index (Phi) is 10.9. The number of carbonyl (C=O) groups is 2. The average molecular weight is 441 g/mol. The Hall–Kier alpha value is -1.90. The lowest BCUT2D eigenvalue weighted by Crippen LogP contribution is -2.56. The van der Waals surface area contributed by atoms with E-state index in [4.69, 9.17) is 9.47 Å². The minimum atomic E-state index is -0.731. The molecule has 0 aromatic carbocycles. The quantitative estimate of drug-likeness (QED) is 0.303. The van der Waals surface area contributed by atoms with Gasteiger partial charge < -0.3 is 14.4 Å². The Morgan fingerprint density at radius 3 is 2.47 bits per heavy atom. The summed E-state index contributed by atoms with van der Waals surface area (Å²) in [5.41, 5.74) is 0. The van der Waals surface area contributed by atoms with E-state index in [-0.39, 0.29) is 6.03 Å². The zero-order valence-corrected chi connectivity index (χ0v) is 19.4. The van der Waals surface area contributed by atoms with Gasteiger partial charge in [-0.05, 0) is 19.3 Å². The van der Waals surface area contributed by atoms with Crippen LogP contribution in [-0.4, -0.2) is 53.2 Å². The fraction of sp³-hybridized carbons (Fsp3) is 0.810. The maximum atomic E-state index is 13.2. The molecule has 0 N–H and O–H groups in total. The number of unbranched alkanes of at least 4 members (excludes halogenated alkanes) is 6. The molecule has 8 nitrogen and oxygen atoms in total. The van der Waals surface area contributed by atoms with Crippen molar-refractivity contribution in [3.8, 4) is 0 Å². The van der Waals surface area contributed by atoms with E-state index in [1.807, 2.05) is 11.8 Å². The normalized spacial score (nSPS) is 16.8. The van der Waals surface area contributed by atoms with E-state index in [1.165, 1.54) is 16.2 Å². The first-order chi connectivity index (χ1) is 14.6. The smallest absolute Gasteiger partial charge is 0.434 e. The van der Waals surface area contributed by atoms with Gasteiger partial charge in [-0.15, -0.1) is 10.2 Å². The van der Waals surface area contributed by atoms with Crippen molar-refractivity contribution in [2.45, 2.75) is 91.2 Å². The number of hydrogen-bond donors (Lipinski definition) is 0. The molecule has 0 radical (unpaired) electrons. The van der Waals surface area contributed by atoms with Crippen molar-refractivity contribution in [3.05, 3.63) is 5.01 Å². The van der Waals surface area contributed by atoms with Crippen LogP contribution in [0.4, 0.5) is 14.7 Å². The number of aryl methyl sites for hydroxylation is 1. The predicted octanol–water partition coefficient (Wildman–Crippen LogP) is 5.37. The Morgan fingerprint density at radius 1 is 1.07 bits per heavy atom. The molecule has 1 atom stereocenters. The average Bonchev–Trinajstić information content (AvgIpc) is 3.21. The maximum absolute atomic E-state index is 13.2. The summed E-state index contributed by atoms with van der Waals surface area (Å²) in [6.45, 7) is 7.88. The lowest BCUT2D eigenvalue weighted by atomic mass is 10.2. The molecule has 0 aliphatic carbocycles. The summed E-state index contributed by atoms with van der Waals surface area (Å²) in [7, 11) is 0. The molecule has 1 fully saturated rings. The van der Waals surface area contributed by atoms with Crippen molar-refractivity contribution >= 4 is 28.7 Å². The molecule has 1 aromatic rings. The molecule has 1 aliphatic heterocycles. The number of urea groups is 1. The minimum Gasteiger partial charge on any atom is -0.434 e. The second kappa shape index (κ2) is 13.4. The highest BCUT2D eigenvalue weighted by Crippen LogP contribution is 2.29. The van der Waals surface area contributed by atoms with Gasteiger partial charge in [0, 0.05) is 19.5 Å². The second-order valence-corrected chi connectivity index (χ2v) is 8.59. The summed E-state index contributed by atoms with van der Waals surface area (Å²) in [5.74, 6) is 0. The number of carbonyl (C=O) groups excluding carboxylic acids is 2. The van der Waals surface area contributed by atoms with E-state index in [9.17, 15) is 9.59 Å². The zero-order chi connectivity index (χ0) is 21.8. The third-order valence-corrected chi connectivity index (χ3v) is 6.17. The van der Waals surface area contributed by atoms with Gasteiger partial charge in [0.25, 0.3) is 0 Å². The molecule has 0 spiro atoms. The first-order valence-electron chi connectivity index (χ1n) is 11.3. The van der Waals surface area contributed by atoms with Crippen LogP contribution in [-0.2, 0) is 15.9 Å². The fourth-order valence-electron chi connectivity index (χ4n) is 3.33. The predicted molar refractivity (Wildman–Crippen MR) is 118 cm³/mol. The van der Waals surface area contributed by atoms with Gasteiger partial charge in [0.15, 0.2) is 6.23 Å². The van der Waals surface area contributed by atoms with Crippen molar-refractivity contribution in [1.82, 2.24) is 15.1 Å². The number of hydrogen-bond acceptors (Lipinski definition) is 7. The zero-order valence-electron chi connectivity index (χ0n) is 18.6. The Balaban J connectivity index is 1.99. The van der Waals surface area contributed by atoms with Crippen LogP contribution in [0.1, 0.15) is 83.6 Å². The maximum Gasteiger partial charge on any atom is 0.510 e. The molecule has 1 unspecified atom stereocenters. The van der Waals surface area contributed by atoms with Crippen LogP contribution in [0.3, 0.4) is 0 Å². The van der Waals surface area contributed by atoms with Crippen molar-refractivity contribution in [3.63, 3.8) is 0 Å². The van der Waals surface area contributed by atoms with Crippen molar-refractivity contribution < 1.29 is 19.1 Å². The lowest BCUT2D eigenvalue weighted by molar-refractivity contribution is 0.0118. The summed E-state index contributed by atoms with van der Waals surface area (Å²) >= 11 is 1.36. The third-order valence-electron chi connectivity index (χ3n) is 5.11. The van der Waals surface area contributed by atoms with E-state index in [1.54, 1.807) is 0 Å². The Labute approximate surface area is 183 Å². The summed E-state index contributed by atoms with van der Waals surface area (Å²) in [4.78, 5) is 28.6. The number of nitrogens with zero attached hydrogens (tertiary/aromatic N) is 4. The molecule has 2 amide bonds. The molecule has 2 heterocycles. The molecule has 2 rings (SSSR count). The van der Waals surface area contributed by atoms with E-state index in [0.717, 1.165) is 62.8 Å². The van der Waals surface area contributed by atoms with E-state index >= 15 is 0 Å². The van der Waals surface area contributed by atoms with Gasteiger partial charge >= 0.3 is 12.2 Å². The summed E-state index contributed by atoms with van der Waals surface area (Å²) in [5, 5.41) is 9.62. The largest absolute Gasteiger partial charge is 0.510 e. The van der Waals surface area contributed by atoms with Gasteiger partial charge in [-0.2, -0.15) is 0 Å². The third kappa shape index (κ3) is 7.41. The van der Waals surface area contributed by atoms with Crippen LogP contribution in [0.2, 0.25) is 0 Å². The molecular formula is C21H36N4O4S. The van der Waals surface area contributed by atoms with E-state index in [0.29, 0.717) is 31.2 Å². The molecule has 30 heavy (non-hydrogen) atoms. The second-order valence-electron chi connectivity index (χ2n) is 7.55. The number of ether oxygens (including phenoxy) is 2. The first kappa shape index (κ1) is 24.4. The molecule has 0 bridgehead atoms. The Bertz CT molecular complexity index is 655. The molecular weight excluding hydrogens is 404 g/mol. The SMILES string of the molecule is CCCCCCOC(=O)OC1CCN(CCCCCC)C(=O)N1c1nnc(CC)s1. The van der Waals surface area contributed by atoms with E-state index < -0.39 is 12.4 Å². The van der Waals surface area contributed by atoms with Crippen LogP contribution in [0.15, 0.2) is 0 Å². The monoisotopic (exact) mass is 440 g/mol. The van der Waals surface area contributed by atoms with Gasteiger partial charge in [-0.1, -0.05) is 70.6 Å².